The molecule has 0 saturated carbocycles. The molecule has 0 atom stereocenters. The van der Waals surface area contributed by atoms with E-state index in [-0.39, 0.29) is 0 Å². The van der Waals surface area contributed by atoms with Crippen LogP contribution in [0.15, 0.2) is 73.1 Å². The first-order valence-corrected chi connectivity index (χ1v) is 6.97. The number of methoxy groups -OCH3 is 1. The Hall–Kier alpha value is -2.61. The van der Waals surface area contributed by atoms with Crippen LogP contribution in [0, 0.1) is 0 Å². The van der Waals surface area contributed by atoms with Crippen molar-refractivity contribution in [3.05, 3.63) is 84.2 Å². The predicted molar refractivity (Wildman–Crippen MR) is 85.5 cm³/mol. The molecule has 2 nitrogen and oxygen atoms in total. The van der Waals surface area contributed by atoms with Gasteiger partial charge in [-0.1, -0.05) is 36.4 Å². The van der Waals surface area contributed by atoms with Crippen molar-refractivity contribution in [1.29, 1.82) is 0 Å². The maximum atomic E-state index is 5.19. The second-order valence-corrected chi connectivity index (χ2v) is 4.96. The maximum absolute atomic E-state index is 5.19. The molecule has 0 aliphatic heterocycles. The summed E-state index contributed by atoms with van der Waals surface area (Å²) in [5, 5.41) is 0. The van der Waals surface area contributed by atoms with E-state index in [4.69, 9.17) is 4.74 Å². The van der Waals surface area contributed by atoms with Crippen LogP contribution in [0.4, 0.5) is 0 Å². The number of nitrogens with zero attached hydrogens (tertiary/aromatic N) is 1. The number of hydrogen-bond acceptors (Lipinski definition) is 2. The van der Waals surface area contributed by atoms with Gasteiger partial charge in [-0.05, 0) is 52.9 Å². The SMILES string of the molecule is COc1ccc(-c2ccc(Cc3ccncc3)cc2)cc1. The summed E-state index contributed by atoms with van der Waals surface area (Å²) in [4.78, 5) is 4.04. The molecule has 0 fully saturated rings. The average Bonchev–Trinajstić information content (AvgIpc) is 2.57. The van der Waals surface area contributed by atoms with Crippen molar-refractivity contribution in [3.8, 4) is 16.9 Å². The molecule has 0 radical (unpaired) electrons. The molecule has 21 heavy (non-hydrogen) atoms. The molecule has 0 bridgehead atoms. The Bertz CT molecular complexity index is 688. The molecule has 0 amide bonds. The molecule has 0 aliphatic rings. The third-order valence-corrected chi connectivity index (χ3v) is 3.53. The summed E-state index contributed by atoms with van der Waals surface area (Å²) in [5.41, 5.74) is 5.00. The van der Waals surface area contributed by atoms with Crippen LogP contribution in [-0.2, 0) is 6.42 Å². The minimum atomic E-state index is 0.882. The quantitative estimate of drug-likeness (QED) is 0.706. The molecule has 1 heterocycles. The standard InChI is InChI=1S/C19H17NO/c1-21-19-8-6-18(7-9-19)17-4-2-15(3-5-17)14-16-10-12-20-13-11-16/h2-13H,14H2,1H3. The van der Waals surface area contributed by atoms with Gasteiger partial charge in [0, 0.05) is 12.4 Å². The van der Waals surface area contributed by atoms with Crippen molar-refractivity contribution in [2.75, 3.05) is 7.11 Å². The lowest BCUT2D eigenvalue weighted by Crippen LogP contribution is -1.88. The molecule has 104 valence electrons. The Kier molecular flexibility index (Phi) is 3.97. The van der Waals surface area contributed by atoms with Crippen molar-refractivity contribution < 1.29 is 4.74 Å². The van der Waals surface area contributed by atoms with Gasteiger partial charge in [0.25, 0.3) is 0 Å². The summed E-state index contributed by atoms with van der Waals surface area (Å²) in [5.74, 6) is 0.882. The van der Waals surface area contributed by atoms with Gasteiger partial charge in [-0.25, -0.2) is 0 Å². The molecule has 0 N–H and O–H groups in total. The lowest BCUT2D eigenvalue weighted by Gasteiger charge is -2.06. The van der Waals surface area contributed by atoms with Crippen LogP contribution in [0.3, 0.4) is 0 Å². The zero-order valence-electron chi connectivity index (χ0n) is 12.0. The number of aromatic nitrogens is 1. The Balaban J connectivity index is 1.77. The molecule has 3 aromatic rings. The highest BCUT2D eigenvalue weighted by Crippen LogP contribution is 2.23. The zero-order valence-corrected chi connectivity index (χ0v) is 12.0. The Labute approximate surface area is 125 Å². The van der Waals surface area contributed by atoms with Gasteiger partial charge >= 0.3 is 0 Å². The van der Waals surface area contributed by atoms with Gasteiger partial charge in [0.1, 0.15) is 5.75 Å². The van der Waals surface area contributed by atoms with Crippen LogP contribution in [0.5, 0.6) is 5.75 Å². The fraction of sp³-hybridized carbons (Fsp3) is 0.105. The predicted octanol–water partition coefficient (Wildman–Crippen LogP) is 4.35. The van der Waals surface area contributed by atoms with E-state index in [9.17, 15) is 0 Å². The molecule has 0 saturated heterocycles. The molecule has 0 aliphatic carbocycles. The lowest BCUT2D eigenvalue weighted by molar-refractivity contribution is 0.415. The van der Waals surface area contributed by atoms with Crippen molar-refractivity contribution in [3.63, 3.8) is 0 Å². The maximum Gasteiger partial charge on any atom is 0.118 e. The van der Waals surface area contributed by atoms with Crippen molar-refractivity contribution in [1.82, 2.24) is 4.98 Å². The highest BCUT2D eigenvalue weighted by atomic mass is 16.5. The van der Waals surface area contributed by atoms with E-state index in [1.165, 1.54) is 22.3 Å². The first-order chi connectivity index (χ1) is 10.3. The molecular formula is C19H17NO. The molecule has 0 spiro atoms. The van der Waals surface area contributed by atoms with E-state index >= 15 is 0 Å². The monoisotopic (exact) mass is 275 g/mol. The summed E-state index contributed by atoms with van der Waals surface area (Å²) >= 11 is 0. The largest absolute Gasteiger partial charge is 0.497 e. The number of hydrogen-bond donors (Lipinski definition) is 0. The van der Waals surface area contributed by atoms with Gasteiger partial charge < -0.3 is 4.74 Å². The Morgan fingerprint density at radius 2 is 1.24 bits per heavy atom. The van der Waals surface area contributed by atoms with Crippen LogP contribution < -0.4 is 4.74 Å². The van der Waals surface area contributed by atoms with Gasteiger partial charge in [-0.15, -0.1) is 0 Å². The van der Waals surface area contributed by atoms with Crippen LogP contribution in [0.2, 0.25) is 0 Å². The lowest BCUT2D eigenvalue weighted by atomic mass is 10.0. The highest BCUT2D eigenvalue weighted by Gasteiger charge is 2.00. The van der Waals surface area contributed by atoms with E-state index in [1.807, 2.05) is 24.5 Å². The average molecular weight is 275 g/mol. The van der Waals surface area contributed by atoms with Gasteiger partial charge in [-0.2, -0.15) is 0 Å². The summed E-state index contributed by atoms with van der Waals surface area (Å²) < 4.78 is 5.19. The fourth-order valence-electron chi connectivity index (χ4n) is 2.33. The van der Waals surface area contributed by atoms with E-state index in [0.29, 0.717) is 0 Å². The van der Waals surface area contributed by atoms with Crippen molar-refractivity contribution in [2.24, 2.45) is 0 Å². The van der Waals surface area contributed by atoms with E-state index in [1.54, 1.807) is 7.11 Å². The van der Waals surface area contributed by atoms with Crippen molar-refractivity contribution >= 4 is 0 Å². The van der Waals surface area contributed by atoms with E-state index in [0.717, 1.165) is 12.2 Å². The third-order valence-electron chi connectivity index (χ3n) is 3.53. The zero-order chi connectivity index (χ0) is 14.5. The smallest absolute Gasteiger partial charge is 0.118 e. The fourth-order valence-corrected chi connectivity index (χ4v) is 2.33. The van der Waals surface area contributed by atoms with Crippen LogP contribution in [0.25, 0.3) is 11.1 Å². The van der Waals surface area contributed by atoms with Crippen LogP contribution >= 0.6 is 0 Å². The van der Waals surface area contributed by atoms with E-state index < -0.39 is 0 Å². The van der Waals surface area contributed by atoms with Gasteiger partial charge in [-0.3, -0.25) is 4.98 Å². The number of pyridine rings is 1. The van der Waals surface area contributed by atoms with Crippen molar-refractivity contribution in [2.45, 2.75) is 6.42 Å². The van der Waals surface area contributed by atoms with Gasteiger partial charge in [0.2, 0.25) is 0 Å². The van der Waals surface area contributed by atoms with Crippen LogP contribution in [-0.4, -0.2) is 12.1 Å². The first-order valence-electron chi connectivity index (χ1n) is 6.97. The highest BCUT2D eigenvalue weighted by molar-refractivity contribution is 5.64. The molecular weight excluding hydrogens is 258 g/mol. The molecule has 0 unspecified atom stereocenters. The topological polar surface area (TPSA) is 22.1 Å². The minimum Gasteiger partial charge on any atom is -0.497 e. The molecule has 1 aromatic heterocycles. The van der Waals surface area contributed by atoms with Gasteiger partial charge in [0.15, 0.2) is 0 Å². The summed E-state index contributed by atoms with van der Waals surface area (Å²) in [6, 6.07) is 20.9. The second-order valence-electron chi connectivity index (χ2n) is 4.96. The van der Waals surface area contributed by atoms with Gasteiger partial charge in [0.05, 0.1) is 7.11 Å². The summed E-state index contributed by atoms with van der Waals surface area (Å²) in [6.07, 6.45) is 4.60. The number of benzene rings is 2. The molecule has 2 heteroatoms. The number of rotatable bonds is 4. The second kappa shape index (κ2) is 6.23. The minimum absolute atomic E-state index is 0.882. The molecule has 2 aromatic carbocycles. The molecule has 3 rings (SSSR count). The Morgan fingerprint density at radius 3 is 1.81 bits per heavy atom. The first kappa shape index (κ1) is 13.4. The Morgan fingerprint density at radius 1 is 0.714 bits per heavy atom. The third kappa shape index (κ3) is 3.29. The van der Waals surface area contributed by atoms with E-state index in [2.05, 4.69) is 53.5 Å². The normalized spacial score (nSPS) is 10.3. The summed E-state index contributed by atoms with van der Waals surface area (Å²) in [6.45, 7) is 0. The van der Waals surface area contributed by atoms with Crippen LogP contribution in [0.1, 0.15) is 11.1 Å². The number of ether oxygens (including phenoxy) is 1. The summed E-state index contributed by atoms with van der Waals surface area (Å²) in [7, 11) is 1.68.